The van der Waals surface area contributed by atoms with Crippen LogP contribution in [-0.2, 0) is 19.5 Å². The first-order valence-electron chi connectivity index (χ1n) is 10.2. The third kappa shape index (κ3) is 5.81. The van der Waals surface area contributed by atoms with E-state index in [4.69, 9.17) is 0 Å². The monoisotopic (exact) mass is 380 g/mol. The molecule has 0 fully saturated rings. The normalized spacial score (nSPS) is 15.8. The predicted molar refractivity (Wildman–Crippen MR) is 115 cm³/mol. The van der Waals surface area contributed by atoms with Gasteiger partial charge in [-0.2, -0.15) is 0 Å². The van der Waals surface area contributed by atoms with Crippen LogP contribution >= 0.6 is 0 Å². The molecule has 150 valence electrons. The molecule has 0 bridgehead atoms. The molecule has 1 atom stereocenters. The van der Waals surface area contributed by atoms with E-state index in [2.05, 4.69) is 63.8 Å². The number of hydrogen-bond donors (Lipinski definition) is 3. The number of aliphatic hydroxyl groups is 1. The second kappa shape index (κ2) is 10.2. The Hall–Kier alpha value is -2.37. The van der Waals surface area contributed by atoms with E-state index >= 15 is 0 Å². The Balaban J connectivity index is 1.49. The topological polar surface area (TPSA) is 59.9 Å². The lowest BCUT2D eigenvalue weighted by atomic mass is 10.00. The maximum atomic E-state index is 10.5. The van der Waals surface area contributed by atoms with Crippen molar-refractivity contribution in [2.45, 2.75) is 39.5 Å². The highest BCUT2D eigenvalue weighted by molar-refractivity contribution is 5.79. The van der Waals surface area contributed by atoms with E-state index in [1.807, 2.05) is 19.1 Å². The second-order valence-corrected chi connectivity index (χ2v) is 7.41. The quantitative estimate of drug-likeness (QED) is 0.510. The molecule has 5 nitrogen and oxygen atoms in total. The highest BCUT2D eigenvalue weighted by atomic mass is 16.3. The van der Waals surface area contributed by atoms with Crippen molar-refractivity contribution >= 4 is 5.96 Å². The van der Waals surface area contributed by atoms with Crippen molar-refractivity contribution in [1.29, 1.82) is 0 Å². The Labute approximate surface area is 168 Å². The van der Waals surface area contributed by atoms with Crippen molar-refractivity contribution in [2.24, 2.45) is 4.99 Å². The van der Waals surface area contributed by atoms with Crippen LogP contribution in [0.25, 0.3) is 0 Å². The van der Waals surface area contributed by atoms with Crippen molar-refractivity contribution in [3.8, 4) is 0 Å². The van der Waals surface area contributed by atoms with E-state index in [1.165, 1.54) is 22.3 Å². The van der Waals surface area contributed by atoms with Gasteiger partial charge in [0.25, 0.3) is 0 Å². The molecular weight excluding hydrogens is 348 g/mol. The van der Waals surface area contributed by atoms with Crippen molar-refractivity contribution in [3.05, 3.63) is 70.8 Å². The largest absolute Gasteiger partial charge is 0.390 e. The van der Waals surface area contributed by atoms with Crippen LogP contribution in [0.15, 0.2) is 53.5 Å². The number of rotatable bonds is 7. The summed E-state index contributed by atoms with van der Waals surface area (Å²) in [5, 5.41) is 17.0. The SMILES string of the molecule is CCNC(=NCc1ccccc1C)NCC(O)CN1CCc2ccccc2C1. The molecule has 3 rings (SSSR count). The molecule has 1 aliphatic heterocycles. The number of β-amino-alcohol motifs (C(OH)–C–C–N with tert-alkyl or cyclic N) is 1. The van der Waals surface area contributed by atoms with Crippen molar-refractivity contribution in [2.75, 3.05) is 26.2 Å². The lowest BCUT2D eigenvalue weighted by Gasteiger charge is -2.30. The van der Waals surface area contributed by atoms with Crippen LogP contribution < -0.4 is 10.6 Å². The Bertz CT molecular complexity index is 790. The van der Waals surface area contributed by atoms with Crippen LogP contribution in [-0.4, -0.2) is 48.2 Å². The van der Waals surface area contributed by atoms with Crippen LogP contribution in [0.5, 0.6) is 0 Å². The third-order valence-corrected chi connectivity index (χ3v) is 5.20. The van der Waals surface area contributed by atoms with Gasteiger partial charge in [0.05, 0.1) is 12.6 Å². The number of aliphatic hydroxyl groups excluding tert-OH is 1. The lowest BCUT2D eigenvalue weighted by molar-refractivity contribution is 0.108. The van der Waals surface area contributed by atoms with Crippen LogP contribution in [0.4, 0.5) is 0 Å². The molecule has 0 aliphatic carbocycles. The molecule has 0 saturated carbocycles. The summed E-state index contributed by atoms with van der Waals surface area (Å²) in [5.74, 6) is 0.744. The van der Waals surface area contributed by atoms with E-state index in [-0.39, 0.29) is 0 Å². The molecule has 0 aromatic heterocycles. The lowest BCUT2D eigenvalue weighted by Crippen LogP contribution is -2.45. The summed E-state index contributed by atoms with van der Waals surface area (Å²) >= 11 is 0. The molecule has 0 spiro atoms. The van der Waals surface area contributed by atoms with E-state index in [0.29, 0.717) is 19.6 Å². The zero-order chi connectivity index (χ0) is 19.8. The van der Waals surface area contributed by atoms with Crippen molar-refractivity contribution in [1.82, 2.24) is 15.5 Å². The Kier molecular flexibility index (Phi) is 7.46. The molecular formula is C23H32N4O. The molecule has 2 aromatic carbocycles. The third-order valence-electron chi connectivity index (χ3n) is 5.20. The number of guanidine groups is 1. The van der Waals surface area contributed by atoms with Gasteiger partial charge in [-0.25, -0.2) is 4.99 Å². The van der Waals surface area contributed by atoms with Gasteiger partial charge in [-0.15, -0.1) is 0 Å². The summed E-state index contributed by atoms with van der Waals surface area (Å²) in [4.78, 5) is 6.99. The van der Waals surface area contributed by atoms with Gasteiger partial charge in [0.1, 0.15) is 0 Å². The van der Waals surface area contributed by atoms with E-state index < -0.39 is 6.10 Å². The Morgan fingerprint density at radius 3 is 2.64 bits per heavy atom. The van der Waals surface area contributed by atoms with Gasteiger partial charge in [-0.3, -0.25) is 4.90 Å². The highest BCUT2D eigenvalue weighted by Gasteiger charge is 2.18. The first-order chi connectivity index (χ1) is 13.7. The number of aliphatic imine (C=N–C) groups is 1. The molecule has 1 aliphatic rings. The van der Waals surface area contributed by atoms with Gasteiger partial charge >= 0.3 is 0 Å². The first kappa shape index (κ1) is 20.4. The summed E-state index contributed by atoms with van der Waals surface area (Å²) in [6.45, 7) is 8.62. The number of nitrogens with zero attached hydrogens (tertiary/aromatic N) is 2. The van der Waals surface area contributed by atoms with Gasteiger partial charge in [0.2, 0.25) is 0 Å². The first-order valence-corrected chi connectivity index (χ1v) is 10.2. The average Bonchev–Trinajstić information content (AvgIpc) is 2.71. The number of nitrogens with one attached hydrogen (secondary N) is 2. The molecule has 0 amide bonds. The summed E-state index contributed by atoms with van der Waals surface area (Å²) in [6, 6.07) is 16.9. The number of aryl methyl sites for hydroxylation is 1. The molecule has 1 unspecified atom stereocenters. The van der Waals surface area contributed by atoms with Crippen molar-refractivity contribution < 1.29 is 5.11 Å². The number of hydrogen-bond acceptors (Lipinski definition) is 3. The number of benzene rings is 2. The second-order valence-electron chi connectivity index (χ2n) is 7.41. The molecule has 2 aromatic rings. The van der Waals surface area contributed by atoms with Gasteiger partial charge in [-0.1, -0.05) is 48.5 Å². The van der Waals surface area contributed by atoms with Crippen LogP contribution in [0.2, 0.25) is 0 Å². The minimum absolute atomic E-state index is 0.437. The minimum Gasteiger partial charge on any atom is -0.390 e. The molecule has 1 heterocycles. The fraction of sp³-hybridized carbons (Fsp3) is 0.435. The molecule has 5 heteroatoms. The maximum absolute atomic E-state index is 10.5. The molecule has 28 heavy (non-hydrogen) atoms. The number of fused-ring (bicyclic) bond motifs is 1. The highest BCUT2D eigenvalue weighted by Crippen LogP contribution is 2.18. The van der Waals surface area contributed by atoms with Crippen LogP contribution in [0, 0.1) is 6.92 Å². The van der Waals surface area contributed by atoms with Gasteiger partial charge in [0, 0.05) is 32.7 Å². The summed E-state index contributed by atoms with van der Waals surface area (Å²) < 4.78 is 0. The van der Waals surface area contributed by atoms with Gasteiger partial charge in [-0.05, 0) is 42.5 Å². The van der Waals surface area contributed by atoms with Crippen molar-refractivity contribution in [3.63, 3.8) is 0 Å². The van der Waals surface area contributed by atoms with E-state index in [9.17, 15) is 5.11 Å². The molecule has 3 N–H and O–H groups in total. The fourth-order valence-electron chi connectivity index (χ4n) is 3.58. The predicted octanol–water partition coefficient (Wildman–Crippen LogP) is 2.47. The Morgan fingerprint density at radius 1 is 1.11 bits per heavy atom. The van der Waals surface area contributed by atoms with Gasteiger partial charge < -0.3 is 15.7 Å². The minimum atomic E-state index is -0.437. The fourth-order valence-corrected chi connectivity index (χ4v) is 3.58. The summed E-state index contributed by atoms with van der Waals surface area (Å²) in [6.07, 6.45) is 0.615. The van der Waals surface area contributed by atoms with Gasteiger partial charge in [0.15, 0.2) is 5.96 Å². The maximum Gasteiger partial charge on any atom is 0.191 e. The smallest absolute Gasteiger partial charge is 0.191 e. The van der Waals surface area contributed by atoms with E-state index in [1.54, 1.807) is 0 Å². The Morgan fingerprint density at radius 2 is 1.86 bits per heavy atom. The van der Waals surface area contributed by atoms with Crippen LogP contribution in [0.1, 0.15) is 29.2 Å². The molecule has 0 radical (unpaired) electrons. The van der Waals surface area contributed by atoms with E-state index in [0.717, 1.165) is 32.0 Å². The molecule has 0 saturated heterocycles. The zero-order valence-corrected chi connectivity index (χ0v) is 17.0. The standard InChI is InChI=1S/C23H32N4O/c1-3-24-23(25-14-20-10-5-4-8-18(20)2)26-15-22(28)17-27-13-12-19-9-6-7-11-21(19)16-27/h4-11,22,28H,3,12-17H2,1-2H3,(H2,24,25,26). The van der Waals surface area contributed by atoms with Crippen LogP contribution in [0.3, 0.4) is 0 Å². The summed E-state index contributed by atoms with van der Waals surface area (Å²) in [5.41, 5.74) is 5.27. The average molecular weight is 381 g/mol. The zero-order valence-electron chi connectivity index (χ0n) is 17.0. The summed E-state index contributed by atoms with van der Waals surface area (Å²) in [7, 11) is 0.